The van der Waals surface area contributed by atoms with Gasteiger partial charge in [-0.2, -0.15) is 0 Å². The summed E-state index contributed by atoms with van der Waals surface area (Å²) in [6, 6.07) is 14.0. The number of nitrogens with one attached hydrogen (secondary N) is 1. The summed E-state index contributed by atoms with van der Waals surface area (Å²) < 4.78 is 0. The normalized spacial score (nSPS) is 10.1. The van der Waals surface area contributed by atoms with Gasteiger partial charge in [0.15, 0.2) is 0 Å². The number of carbonyl (C=O) groups excluding carboxylic acids is 2. The van der Waals surface area contributed by atoms with Crippen LogP contribution in [0, 0.1) is 0 Å². The zero-order chi connectivity index (χ0) is 15.2. The fourth-order valence-electron chi connectivity index (χ4n) is 1.92. The van der Waals surface area contributed by atoms with Gasteiger partial charge in [-0.3, -0.25) is 9.59 Å². The van der Waals surface area contributed by atoms with Crippen LogP contribution in [0.5, 0.6) is 0 Å². The van der Waals surface area contributed by atoms with E-state index in [1.165, 1.54) is 0 Å². The fraction of sp³-hybridized carbons (Fsp3) is 0.125. The largest absolute Gasteiger partial charge is 0.399 e. The van der Waals surface area contributed by atoms with Crippen LogP contribution in [0.4, 0.5) is 11.4 Å². The van der Waals surface area contributed by atoms with Crippen LogP contribution in [-0.4, -0.2) is 11.8 Å². The summed E-state index contributed by atoms with van der Waals surface area (Å²) in [6.07, 6.45) is 0.979. The number of hydrogen-bond donors (Lipinski definition) is 3. The molecule has 0 radical (unpaired) electrons. The summed E-state index contributed by atoms with van der Waals surface area (Å²) in [5, 5.41) is 2.75. The average Bonchev–Trinajstić information content (AvgIpc) is 2.47. The molecule has 0 fully saturated rings. The van der Waals surface area contributed by atoms with Gasteiger partial charge in [0, 0.05) is 23.4 Å². The Morgan fingerprint density at radius 1 is 1.05 bits per heavy atom. The van der Waals surface area contributed by atoms with Crippen LogP contribution < -0.4 is 16.8 Å². The first-order valence-corrected chi connectivity index (χ1v) is 6.59. The molecule has 0 bridgehead atoms. The number of benzene rings is 2. The average molecular weight is 283 g/mol. The molecule has 0 aliphatic carbocycles. The number of hydrogen-bond acceptors (Lipinski definition) is 3. The first kappa shape index (κ1) is 14.6. The Morgan fingerprint density at radius 3 is 2.43 bits per heavy atom. The van der Waals surface area contributed by atoms with E-state index in [0.717, 1.165) is 5.56 Å². The monoisotopic (exact) mass is 283 g/mol. The Balaban J connectivity index is 1.91. The van der Waals surface area contributed by atoms with Gasteiger partial charge < -0.3 is 16.8 Å². The Hall–Kier alpha value is -2.82. The highest BCUT2D eigenvalue weighted by Crippen LogP contribution is 2.12. The number of anilines is 2. The van der Waals surface area contributed by atoms with Crippen LogP contribution in [0.25, 0.3) is 0 Å². The lowest BCUT2D eigenvalue weighted by Crippen LogP contribution is -2.14. The van der Waals surface area contributed by atoms with Gasteiger partial charge in [-0.05, 0) is 42.3 Å². The molecular formula is C16H17N3O2. The minimum atomic E-state index is -0.520. The first-order valence-electron chi connectivity index (χ1n) is 6.59. The maximum Gasteiger partial charge on any atom is 0.248 e. The highest BCUT2D eigenvalue weighted by molar-refractivity contribution is 5.96. The molecule has 5 heteroatoms. The van der Waals surface area contributed by atoms with E-state index in [9.17, 15) is 9.59 Å². The van der Waals surface area contributed by atoms with Crippen LogP contribution in [0.15, 0.2) is 48.5 Å². The molecule has 0 saturated heterocycles. The molecule has 2 aromatic carbocycles. The van der Waals surface area contributed by atoms with Crippen LogP contribution in [0.3, 0.4) is 0 Å². The van der Waals surface area contributed by atoms with Crippen molar-refractivity contribution in [2.24, 2.45) is 5.73 Å². The third kappa shape index (κ3) is 4.35. The molecule has 2 amide bonds. The number of aryl methyl sites for hydroxylation is 1. The molecule has 0 unspecified atom stereocenters. The first-order chi connectivity index (χ1) is 10.0. The third-order valence-corrected chi connectivity index (χ3v) is 3.05. The van der Waals surface area contributed by atoms with Crippen LogP contribution >= 0.6 is 0 Å². The summed E-state index contributed by atoms with van der Waals surface area (Å²) in [6.45, 7) is 0. The molecule has 0 spiro atoms. The van der Waals surface area contributed by atoms with Crippen molar-refractivity contribution in [1.82, 2.24) is 0 Å². The van der Waals surface area contributed by atoms with Gasteiger partial charge in [-0.1, -0.05) is 18.2 Å². The molecular weight excluding hydrogens is 266 g/mol. The standard InChI is InChI=1S/C16H17N3O2/c17-13-7-4-11(5-8-13)6-9-15(20)19-14-3-1-2-12(10-14)16(18)21/h1-5,7-8,10H,6,9,17H2,(H2,18,21)(H,19,20). The Morgan fingerprint density at radius 2 is 1.76 bits per heavy atom. The molecule has 2 rings (SSSR count). The van der Waals surface area contributed by atoms with Gasteiger partial charge in [0.1, 0.15) is 0 Å². The van der Waals surface area contributed by atoms with Crippen molar-refractivity contribution in [2.45, 2.75) is 12.8 Å². The van der Waals surface area contributed by atoms with Crippen molar-refractivity contribution < 1.29 is 9.59 Å². The fourth-order valence-corrected chi connectivity index (χ4v) is 1.92. The second-order valence-electron chi connectivity index (χ2n) is 4.73. The summed E-state index contributed by atoms with van der Waals surface area (Å²) in [5.41, 5.74) is 13.5. The summed E-state index contributed by atoms with van der Waals surface area (Å²) in [4.78, 5) is 23.0. The van der Waals surface area contributed by atoms with E-state index in [2.05, 4.69) is 5.32 Å². The maximum absolute atomic E-state index is 11.9. The van der Waals surface area contributed by atoms with Crippen LogP contribution in [0.2, 0.25) is 0 Å². The molecule has 0 aliphatic heterocycles. The number of amides is 2. The van der Waals surface area contributed by atoms with Gasteiger partial charge in [-0.15, -0.1) is 0 Å². The van der Waals surface area contributed by atoms with Crippen molar-refractivity contribution in [3.63, 3.8) is 0 Å². The quantitative estimate of drug-likeness (QED) is 0.731. The van der Waals surface area contributed by atoms with Crippen LogP contribution in [-0.2, 0) is 11.2 Å². The van der Waals surface area contributed by atoms with Gasteiger partial charge in [0.25, 0.3) is 0 Å². The number of rotatable bonds is 5. The molecule has 21 heavy (non-hydrogen) atoms. The predicted octanol–water partition coefficient (Wildman–Crippen LogP) is 1.94. The SMILES string of the molecule is NC(=O)c1cccc(NC(=O)CCc2ccc(N)cc2)c1. The number of nitrogens with two attached hydrogens (primary N) is 2. The molecule has 5 N–H and O–H groups in total. The van der Waals surface area contributed by atoms with Crippen molar-refractivity contribution in [1.29, 1.82) is 0 Å². The molecule has 108 valence electrons. The lowest BCUT2D eigenvalue weighted by molar-refractivity contribution is -0.116. The van der Waals surface area contributed by atoms with Crippen molar-refractivity contribution in [2.75, 3.05) is 11.1 Å². The molecule has 0 aromatic heterocycles. The highest BCUT2D eigenvalue weighted by atomic mass is 16.2. The molecule has 0 atom stereocenters. The molecule has 0 aliphatic rings. The van der Waals surface area contributed by atoms with Gasteiger partial charge >= 0.3 is 0 Å². The second kappa shape index (κ2) is 6.56. The van der Waals surface area contributed by atoms with E-state index in [0.29, 0.717) is 29.8 Å². The molecule has 2 aromatic rings. The summed E-state index contributed by atoms with van der Waals surface area (Å²) in [7, 11) is 0. The van der Waals surface area contributed by atoms with E-state index >= 15 is 0 Å². The Kier molecular flexibility index (Phi) is 4.56. The minimum absolute atomic E-state index is 0.117. The van der Waals surface area contributed by atoms with E-state index in [4.69, 9.17) is 11.5 Å². The third-order valence-electron chi connectivity index (χ3n) is 3.05. The van der Waals surface area contributed by atoms with Gasteiger partial charge in [0.2, 0.25) is 11.8 Å². The Bertz CT molecular complexity index is 651. The van der Waals surface area contributed by atoms with Crippen LogP contribution in [0.1, 0.15) is 22.3 Å². The summed E-state index contributed by atoms with van der Waals surface area (Å²) >= 11 is 0. The van der Waals surface area contributed by atoms with Crippen molar-refractivity contribution in [3.8, 4) is 0 Å². The number of nitrogen functional groups attached to an aromatic ring is 1. The molecule has 5 nitrogen and oxygen atoms in total. The molecule has 0 heterocycles. The minimum Gasteiger partial charge on any atom is -0.399 e. The zero-order valence-corrected chi connectivity index (χ0v) is 11.5. The predicted molar refractivity (Wildman–Crippen MR) is 82.8 cm³/mol. The van der Waals surface area contributed by atoms with E-state index in [-0.39, 0.29) is 5.91 Å². The zero-order valence-electron chi connectivity index (χ0n) is 11.5. The molecule has 0 saturated carbocycles. The lowest BCUT2D eigenvalue weighted by Gasteiger charge is -2.06. The summed E-state index contributed by atoms with van der Waals surface area (Å²) in [5.74, 6) is -0.638. The lowest BCUT2D eigenvalue weighted by atomic mass is 10.1. The topological polar surface area (TPSA) is 98.2 Å². The highest BCUT2D eigenvalue weighted by Gasteiger charge is 2.05. The Labute approximate surface area is 123 Å². The second-order valence-corrected chi connectivity index (χ2v) is 4.73. The van der Waals surface area contributed by atoms with Gasteiger partial charge in [-0.25, -0.2) is 0 Å². The number of carbonyl (C=O) groups is 2. The van der Waals surface area contributed by atoms with Crippen molar-refractivity contribution >= 4 is 23.2 Å². The van der Waals surface area contributed by atoms with E-state index in [1.54, 1.807) is 24.3 Å². The smallest absolute Gasteiger partial charge is 0.248 e. The number of primary amides is 1. The van der Waals surface area contributed by atoms with E-state index in [1.807, 2.05) is 24.3 Å². The van der Waals surface area contributed by atoms with Crippen molar-refractivity contribution in [3.05, 3.63) is 59.7 Å². The maximum atomic E-state index is 11.9. The van der Waals surface area contributed by atoms with E-state index < -0.39 is 5.91 Å². The van der Waals surface area contributed by atoms with Gasteiger partial charge in [0.05, 0.1) is 0 Å².